The van der Waals surface area contributed by atoms with E-state index in [2.05, 4.69) is 9.97 Å². The molecule has 0 radical (unpaired) electrons. The van der Waals surface area contributed by atoms with Crippen molar-refractivity contribution in [3.05, 3.63) is 17.0 Å². The molecule has 0 aliphatic carbocycles. The molecule has 0 spiro atoms. The summed E-state index contributed by atoms with van der Waals surface area (Å²) in [5, 5.41) is 10.2. The lowest BCUT2D eigenvalue weighted by Crippen LogP contribution is -2.33. The molecule has 124 valence electrons. The van der Waals surface area contributed by atoms with Gasteiger partial charge in [0.25, 0.3) is 0 Å². The van der Waals surface area contributed by atoms with Crippen molar-refractivity contribution in [1.82, 2.24) is 14.3 Å². The lowest BCUT2D eigenvalue weighted by Gasteiger charge is -2.19. The molecule has 2 atom stereocenters. The largest absolute Gasteiger partial charge is 0.391 e. The Hall–Kier alpha value is -1.25. The van der Waals surface area contributed by atoms with Crippen molar-refractivity contribution in [3.63, 3.8) is 0 Å². The van der Waals surface area contributed by atoms with Crippen molar-refractivity contribution in [2.24, 2.45) is 5.92 Å². The zero-order chi connectivity index (χ0) is 16.7. The minimum atomic E-state index is -3.34. The Morgan fingerprint density at radius 3 is 2.23 bits per heavy atom. The highest BCUT2D eigenvalue weighted by molar-refractivity contribution is 7.89. The molecule has 1 aromatic heterocycles. The van der Waals surface area contributed by atoms with Gasteiger partial charge >= 0.3 is 0 Å². The Labute approximate surface area is 132 Å². The van der Waals surface area contributed by atoms with E-state index in [1.54, 1.807) is 0 Å². The van der Waals surface area contributed by atoms with Crippen LogP contribution in [0.4, 0.5) is 5.95 Å². The number of aromatic nitrogens is 2. The maximum Gasteiger partial charge on any atom is 0.225 e. The summed E-state index contributed by atoms with van der Waals surface area (Å²) in [7, 11) is -0.329. The highest BCUT2D eigenvalue weighted by Gasteiger charge is 2.36. The van der Waals surface area contributed by atoms with E-state index in [0.717, 1.165) is 17.0 Å². The van der Waals surface area contributed by atoms with E-state index in [4.69, 9.17) is 0 Å². The van der Waals surface area contributed by atoms with Crippen LogP contribution in [-0.2, 0) is 10.0 Å². The summed E-state index contributed by atoms with van der Waals surface area (Å²) in [5.41, 5.74) is 2.86. The average molecular weight is 328 g/mol. The van der Waals surface area contributed by atoms with Gasteiger partial charge < -0.3 is 10.0 Å². The molecule has 1 fully saturated rings. The van der Waals surface area contributed by atoms with Gasteiger partial charge in [0.05, 0.1) is 11.9 Å². The number of β-amino-alcohol motifs (C(OH)–C–C–N with tert-alkyl or cyclic N) is 1. The third-order valence-electron chi connectivity index (χ3n) is 4.29. The third-order valence-corrected chi connectivity index (χ3v) is 6.25. The highest BCUT2D eigenvalue weighted by atomic mass is 32.2. The van der Waals surface area contributed by atoms with Crippen LogP contribution in [0.15, 0.2) is 0 Å². The van der Waals surface area contributed by atoms with E-state index in [9.17, 15) is 13.5 Å². The molecule has 22 heavy (non-hydrogen) atoms. The van der Waals surface area contributed by atoms with Gasteiger partial charge in [-0.2, -0.15) is 0 Å². The fourth-order valence-corrected chi connectivity index (χ4v) is 3.66. The maximum atomic E-state index is 12.0. The van der Waals surface area contributed by atoms with Crippen LogP contribution in [0.3, 0.4) is 0 Å². The molecule has 1 aliphatic heterocycles. The number of hydrogen-bond acceptors (Lipinski definition) is 6. The molecule has 1 aliphatic rings. The minimum Gasteiger partial charge on any atom is -0.391 e. The lowest BCUT2D eigenvalue weighted by atomic mass is 10.1. The van der Waals surface area contributed by atoms with E-state index < -0.39 is 16.1 Å². The summed E-state index contributed by atoms with van der Waals surface area (Å²) >= 11 is 0. The Morgan fingerprint density at radius 2 is 1.73 bits per heavy atom. The second-order valence-corrected chi connectivity index (χ2v) is 8.34. The summed E-state index contributed by atoms with van der Waals surface area (Å²) < 4.78 is 25.2. The van der Waals surface area contributed by atoms with Gasteiger partial charge in [0.15, 0.2) is 0 Å². The molecule has 1 aromatic rings. The number of nitrogens with zero attached hydrogens (tertiary/aromatic N) is 4. The summed E-state index contributed by atoms with van der Waals surface area (Å²) in [4.78, 5) is 10.8. The van der Waals surface area contributed by atoms with Crippen molar-refractivity contribution in [2.45, 2.75) is 26.9 Å². The zero-order valence-electron chi connectivity index (χ0n) is 13.7. The van der Waals surface area contributed by atoms with Gasteiger partial charge in [-0.05, 0) is 26.3 Å². The first kappa shape index (κ1) is 17.1. The second kappa shape index (κ2) is 6.10. The fourth-order valence-electron chi connectivity index (χ4n) is 2.50. The van der Waals surface area contributed by atoms with Gasteiger partial charge in [-0.1, -0.05) is 0 Å². The van der Waals surface area contributed by atoms with Crippen LogP contribution in [0.5, 0.6) is 0 Å². The normalized spacial score (nSPS) is 22.6. The Balaban J connectivity index is 2.18. The van der Waals surface area contributed by atoms with Gasteiger partial charge in [-0.15, -0.1) is 0 Å². The highest BCUT2D eigenvalue weighted by Crippen LogP contribution is 2.24. The zero-order valence-corrected chi connectivity index (χ0v) is 14.6. The van der Waals surface area contributed by atoms with Gasteiger partial charge in [0.2, 0.25) is 16.0 Å². The standard InChI is InChI=1S/C14H24N4O3S/c1-9-10(2)15-14(16-11(9)3)18-6-12(13(19)7-18)8-22(20,21)17(4)5/h12-13,19H,6-8H2,1-5H3/t12-,13+/m0/s1. The van der Waals surface area contributed by atoms with Gasteiger partial charge in [-0.25, -0.2) is 22.7 Å². The van der Waals surface area contributed by atoms with E-state index in [1.807, 2.05) is 25.7 Å². The molecule has 1 saturated heterocycles. The Morgan fingerprint density at radius 1 is 1.18 bits per heavy atom. The summed E-state index contributed by atoms with van der Waals surface area (Å²) in [6.45, 7) is 6.62. The Kier molecular flexibility index (Phi) is 4.74. The number of hydrogen-bond donors (Lipinski definition) is 1. The molecular formula is C14H24N4O3S. The first-order chi connectivity index (χ1) is 10.1. The van der Waals surface area contributed by atoms with E-state index >= 15 is 0 Å². The monoisotopic (exact) mass is 328 g/mol. The maximum absolute atomic E-state index is 12.0. The van der Waals surface area contributed by atoms with Crippen molar-refractivity contribution in [1.29, 1.82) is 0 Å². The van der Waals surface area contributed by atoms with E-state index in [1.165, 1.54) is 18.4 Å². The topological polar surface area (TPSA) is 86.6 Å². The molecular weight excluding hydrogens is 304 g/mol. The van der Waals surface area contributed by atoms with Crippen LogP contribution in [0.25, 0.3) is 0 Å². The first-order valence-corrected chi connectivity index (χ1v) is 8.87. The number of aryl methyl sites for hydroxylation is 2. The van der Waals surface area contributed by atoms with Crippen LogP contribution in [-0.4, -0.2) is 66.8 Å². The fraction of sp³-hybridized carbons (Fsp3) is 0.714. The van der Waals surface area contributed by atoms with E-state index in [-0.39, 0.29) is 11.7 Å². The van der Waals surface area contributed by atoms with Crippen LogP contribution in [0, 0.1) is 26.7 Å². The predicted molar refractivity (Wildman–Crippen MR) is 85.4 cm³/mol. The number of rotatable bonds is 4. The number of aliphatic hydroxyl groups excluding tert-OH is 1. The second-order valence-electron chi connectivity index (χ2n) is 6.11. The van der Waals surface area contributed by atoms with Crippen molar-refractivity contribution in [2.75, 3.05) is 37.8 Å². The van der Waals surface area contributed by atoms with Gasteiger partial charge in [0, 0.05) is 44.5 Å². The third kappa shape index (κ3) is 3.39. The molecule has 0 bridgehead atoms. The van der Waals surface area contributed by atoms with Crippen LogP contribution in [0.1, 0.15) is 17.0 Å². The van der Waals surface area contributed by atoms with Crippen LogP contribution < -0.4 is 4.90 Å². The van der Waals surface area contributed by atoms with Gasteiger partial charge in [0.1, 0.15) is 0 Å². The smallest absolute Gasteiger partial charge is 0.225 e. The van der Waals surface area contributed by atoms with Crippen molar-refractivity contribution in [3.8, 4) is 0 Å². The summed E-state index contributed by atoms with van der Waals surface area (Å²) in [5.74, 6) is 0.156. The molecule has 0 saturated carbocycles. The van der Waals surface area contributed by atoms with Crippen LogP contribution >= 0.6 is 0 Å². The molecule has 2 rings (SSSR count). The lowest BCUT2D eigenvalue weighted by molar-refractivity contribution is 0.157. The minimum absolute atomic E-state index is 0.0680. The Bertz CT molecular complexity index is 637. The predicted octanol–water partition coefficient (Wildman–Crippen LogP) is 0.0904. The first-order valence-electron chi connectivity index (χ1n) is 7.27. The van der Waals surface area contributed by atoms with E-state index in [0.29, 0.717) is 19.0 Å². The number of sulfonamides is 1. The number of aliphatic hydroxyl groups is 1. The molecule has 0 amide bonds. The average Bonchev–Trinajstić information content (AvgIpc) is 2.76. The number of anilines is 1. The molecule has 0 unspecified atom stereocenters. The van der Waals surface area contributed by atoms with Crippen LogP contribution in [0.2, 0.25) is 0 Å². The quantitative estimate of drug-likeness (QED) is 0.843. The molecule has 7 nitrogen and oxygen atoms in total. The SMILES string of the molecule is Cc1nc(N2C[C@@H](CS(=O)(=O)N(C)C)[C@H](O)C2)nc(C)c1C. The summed E-state index contributed by atoms with van der Waals surface area (Å²) in [6, 6.07) is 0. The molecule has 1 N–H and O–H groups in total. The van der Waals surface area contributed by atoms with Gasteiger partial charge in [-0.3, -0.25) is 0 Å². The molecule has 8 heteroatoms. The van der Waals surface area contributed by atoms with Crippen molar-refractivity contribution >= 4 is 16.0 Å². The summed E-state index contributed by atoms with van der Waals surface area (Å²) in [6.07, 6.45) is -0.694. The van der Waals surface area contributed by atoms with Crippen molar-refractivity contribution < 1.29 is 13.5 Å². The molecule has 0 aromatic carbocycles. The molecule has 2 heterocycles.